The molecule has 1 aromatic carbocycles. The number of aryl methyl sites for hydroxylation is 1. The second-order valence-corrected chi connectivity index (χ2v) is 8.37. The molecule has 0 saturated carbocycles. The Bertz CT molecular complexity index is 1250. The fourth-order valence-corrected chi connectivity index (χ4v) is 4.63. The third-order valence-corrected chi connectivity index (χ3v) is 6.51. The van der Waals surface area contributed by atoms with Gasteiger partial charge in [0.25, 0.3) is 11.5 Å². The summed E-state index contributed by atoms with van der Waals surface area (Å²) in [4.78, 5) is 40.1. The average molecular weight is 412 g/mol. The van der Waals surface area contributed by atoms with Crippen LogP contribution in [-0.4, -0.2) is 15.0 Å². The predicted molar refractivity (Wildman–Crippen MR) is 112 cm³/mol. The molecule has 0 aliphatic heterocycles. The molecule has 0 aliphatic carbocycles. The second kappa shape index (κ2) is 7.57. The van der Waals surface area contributed by atoms with E-state index in [0.717, 1.165) is 21.8 Å². The molecule has 142 valence electrons. The summed E-state index contributed by atoms with van der Waals surface area (Å²) in [6.07, 6.45) is 0. The summed E-state index contributed by atoms with van der Waals surface area (Å²) >= 11 is 2.72. The molecule has 0 radical (unpaired) electrons. The number of hydrogen-bond acceptors (Lipinski definition) is 5. The van der Waals surface area contributed by atoms with Crippen LogP contribution in [-0.2, 0) is 20.1 Å². The number of aromatic nitrogens is 2. The van der Waals surface area contributed by atoms with Crippen LogP contribution in [0.5, 0.6) is 0 Å². The first-order valence-corrected chi connectivity index (χ1v) is 10.3. The van der Waals surface area contributed by atoms with Gasteiger partial charge >= 0.3 is 5.69 Å². The lowest BCUT2D eigenvalue weighted by molar-refractivity contribution is 0.0955. The van der Waals surface area contributed by atoms with Gasteiger partial charge in [0.1, 0.15) is 4.83 Å². The summed E-state index contributed by atoms with van der Waals surface area (Å²) in [7, 11) is 1.62. The van der Waals surface area contributed by atoms with Crippen molar-refractivity contribution in [1.29, 1.82) is 0 Å². The van der Waals surface area contributed by atoms with Crippen molar-refractivity contribution in [3.63, 3.8) is 0 Å². The molecule has 0 saturated heterocycles. The number of amides is 1. The Morgan fingerprint density at radius 1 is 1.11 bits per heavy atom. The zero-order valence-electron chi connectivity index (χ0n) is 15.0. The maximum atomic E-state index is 12.9. The lowest BCUT2D eigenvalue weighted by atomic mass is 10.2. The van der Waals surface area contributed by atoms with E-state index < -0.39 is 5.69 Å². The zero-order chi connectivity index (χ0) is 19.7. The fourth-order valence-electron chi connectivity index (χ4n) is 2.97. The van der Waals surface area contributed by atoms with Crippen LogP contribution < -0.4 is 16.6 Å². The normalized spacial score (nSPS) is 11.0. The van der Waals surface area contributed by atoms with Gasteiger partial charge in [-0.3, -0.25) is 18.7 Å². The molecule has 0 unspecified atom stereocenters. The Morgan fingerprint density at radius 3 is 2.61 bits per heavy atom. The smallest absolute Gasteiger partial charge is 0.332 e. The van der Waals surface area contributed by atoms with E-state index in [0.29, 0.717) is 21.6 Å². The number of fused-ring (bicyclic) bond motifs is 1. The first kappa shape index (κ1) is 18.4. The van der Waals surface area contributed by atoms with Gasteiger partial charge in [0.05, 0.1) is 23.4 Å². The number of thiophene rings is 2. The van der Waals surface area contributed by atoms with E-state index in [1.165, 1.54) is 9.13 Å². The molecule has 3 aromatic heterocycles. The lowest BCUT2D eigenvalue weighted by Gasteiger charge is -2.08. The van der Waals surface area contributed by atoms with Crippen molar-refractivity contribution in [1.82, 2.24) is 14.5 Å². The van der Waals surface area contributed by atoms with Crippen LogP contribution in [0.25, 0.3) is 10.2 Å². The Morgan fingerprint density at radius 2 is 1.89 bits per heavy atom. The minimum atomic E-state index is -0.395. The molecular formula is C20H17N3O3S2. The van der Waals surface area contributed by atoms with Gasteiger partial charge in [-0.1, -0.05) is 36.4 Å². The van der Waals surface area contributed by atoms with Crippen molar-refractivity contribution in [2.45, 2.75) is 13.1 Å². The molecule has 3 heterocycles. The number of carbonyl (C=O) groups is 1. The maximum absolute atomic E-state index is 12.9. The van der Waals surface area contributed by atoms with E-state index in [2.05, 4.69) is 5.32 Å². The maximum Gasteiger partial charge on any atom is 0.332 e. The Labute approximate surface area is 168 Å². The molecule has 28 heavy (non-hydrogen) atoms. The van der Waals surface area contributed by atoms with E-state index in [4.69, 9.17) is 0 Å². The molecule has 1 amide bonds. The summed E-state index contributed by atoms with van der Waals surface area (Å²) < 4.78 is 2.64. The standard InChI is InChI=1S/C20H17N3O3S2/c1-22-19-15(10-16(28-19)17(24)21-11-14-8-5-9-27-14)18(25)23(20(22)26)12-13-6-3-2-4-7-13/h2-10H,11-12H2,1H3,(H,21,24). The van der Waals surface area contributed by atoms with Crippen LogP contribution in [0, 0.1) is 0 Å². The summed E-state index contributed by atoms with van der Waals surface area (Å²) in [5.41, 5.74) is 0.0921. The molecule has 0 aliphatic rings. The topological polar surface area (TPSA) is 73.1 Å². The van der Waals surface area contributed by atoms with Gasteiger partial charge in [-0.05, 0) is 23.1 Å². The van der Waals surface area contributed by atoms with E-state index in [1.807, 2.05) is 47.8 Å². The average Bonchev–Trinajstić information content (AvgIpc) is 3.38. The van der Waals surface area contributed by atoms with Crippen molar-refractivity contribution >= 4 is 38.8 Å². The van der Waals surface area contributed by atoms with Crippen LogP contribution in [0.3, 0.4) is 0 Å². The predicted octanol–water partition coefficient (Wildman–Crippen LogP) is 2.80. The molecule has 0 spiro atoms. The van der Waals surface area contributed by atoms with Gasteiger partial charge in [-0.15, -0.1) is 22.7 Å². The quantitative estimate of drug-likeness (QED) is 0.549. The molecule has 0 bridgehead atoms. The molecule has 1 N–H and O–H groups in total. The van der Waals surface area contributed by atoms with Gasteiger partial charge in [-0.2, -0.15) is 0 Å². The van der Waals surface area contributed by atoms with Crippen molar-refractivity contribution in [3.05, 3.63) is 90.1 Å². The zero-order valence-corrected chi connectivity index (χ0v) is 16.7. The second-order valence-electron chi connectivity index (χ2n) is 6.31. The van der Waals surface area contributed by atoms with Crippen LogP contribution in [0.4, 0.5) is 0 Å². The first-order chi connectivity index (χ1) is 13.5. The van der Waals surface area contributed by atoms with Crippen molar-refractivity contribution < 1.29 is 4.79 Å². The van der Waals surface area contributed by atoms with Crippen LogP contribution in [0.15, 0.2) is 63.5 Å². The number of nitrogens with zero attached hydrogens (tertiary/aromatic N) is 2. The van der Waals surface area contributed by atoms with E-state index in [-0.39, 0.29) is 18.0 Å². The summed E-state index contributed by atoms with van der Waals surface area (Å²) in [5, 5.41) is 5.19. The minimum absolute atomic E-state index is 0.193. The fraction of sp³-hybridized carbons (Fsp3) is 0.150. The van der Waals surface area contributed by atoms with Crippen LogP contribution >= 0.6 is 22.7 Å². The Hall–Kier alpha value is -2.97. The number of rotatable bonds is 5. The monoisotopic (exact) mass is 411 g/mol. The van der Waals surface area contributed by atoms with Gasteiger partial charge in [0.15, 0.2) is 0 Å². The van der Waals surface area contributed by atoms with Crippen molar-refractivity contribution in [2.75, 3.05) is 0 Å². The summed E-state index contributed by atoms with van der Waals surface area (Å²) in [5.74, 6) is -0.254. The van der Waals surface area contributed by atoms with E-state index >= 15 is 0 Å². The molecule has 8 heteroatoms. The summed E-state index contributed by atoms with van der Waals surface area (Å²) in [6, 6.07) is 14.8. The number of hydrogen-bond donors (Lipinski definition) is 1. The molecule has 6 nitrogen and oxygen atoms in total. The summed E-state index contributed by atoms with van der Waals surface area (Å²) in [6.45, 7) is 0.625. The highest BCUT2D eigenvalue weighted by atomic mass is 32.1. The Kier molecular flexibility index (Phi) is 4.97. The minimum Gasteiger partial charge on any atom is -0.346 e. The van der Waals surface area contributed by atoms with E-state index in [9.17, 15) is 14.4 Å². The highest BCUT2D eigenvalue weighted by molar-refractivity contribution is 7.20. The van der Waals surface area contributed by atoms with E-state index in [1.54, 1.807) is 24.5 Å². The number of carbonyl (C=O) groups excluding carboxylic acids is 1. The first-order valence-electron chi connectivity index (χ1n) is 8.62. The largest absolute Gasteiger partial charge is 0.346 e. The number of nitrogens with one attached hydrogen (secondary N) is 1. The Balaban J connectivity index is 1.70. The lowest BCUT2D eigenvalue weighted by Crippen LogP contribution is -2.38. The molecule has 0 atom stereocenters. The van der Waals surface area contributed by atoms with Crippen molar-refractivity contribution in [2.24, 2.45) is 7.05 Å². The van der Waals surface area contributed by atoms with Gasteiger partial charge in [0, 0.05) is 11.9 Å². The third kappa shape index (κ3) is 3.44. The van der Waals surface area contributed by atoms with Gasteiger partial charge in [-0.25, -0.2) is 4.79 Å². The molecule has 4 aromatic rings. The van der Waals surface area contributed by atoms with Gasteiger partial charge < -0.3 is 5.32 Å². The van der Waals surface area contributed by atoms with Crippen LogP contribution in [0.1, 0.15) is 20.1 Å². The molecule has 4 rings (SSSR count). The van der Waals surface area contributed by atoms with Crippen LogP contribution in [0.2, 0.25) is 0 Å². The highest BCUT2D eigenvalue weighted by Gasteiger charge is 2.18. The third-order valence-electron chi connectivity index (χ3n) is 4.42. The van der Waals surface area contributed by atoms with Gasteiger partial charge in [0.2, 0.25) is 0 Å². The molecule has 0 fully saturated rings. The molecular weight excluding hydrogens is 394 g/mol. The number of benzene rings is 1. The SMILES string of the molecule is Cn1c(=O)n(Cc2ccccc2)c(=O)c2cc(C(=O)NCc3cccs3)sc21. The van der Waals surface area contributed by atoms with Crippen molar-refractivity contribution in [3.8, 4) is 0 Å². The highest BCUT2D eigenvalue weighted by Crippen LogP contribution is 2.22.